The van der Waals surface area contributed by atoms with E-state index in [0.717, 1.165) is 0 Å². The molecule has 1 aliphatic rings. The first-order chi connectivity index (χ1) is 10.5. The first kappa shape index (κ1) is 14.6. The normalized spacial score (nSPS) is 17.8. The van der Waals surface area contributed by atoms with Crippen LogP contribution in [0, 0.1) is 5.92 Å². The van der Waals surface area contributed by atoms with Crippen LogP contribution in [0.4, 0.5) is 11.4 Å². The molecule has 1 aromatic heterocycles. The Hall–Kier alpha value is -2.34. The summed E-state index contributed by atoms with van der Waals surface area (Å²) in [5, 5.41) is 7.27. The summed E-state index contributed by atoms with van der Waals surface area (Å²) in [7, 11) is 1.77. The van der Waals surface area contributed by atoms with Crippen LogP contribution < -0.4 is 10.2 Å². The van der Waals surface area contributed by atoms with Crippen LogP contribution >= 0.6 is 11.6 Å². The van der Waals surface area contributed by atoms with Gasteiger partial charge < -0.3 is 10.2 Å². The van der Waals surface area contributed by atoms with Crippen molar-refractivity contribution in [1.29, 1.82) is 0 Å². The molecular formula is C15H15ClN4O2. The average Bonchev–Trinajstić information content (AvgIpc) is 3.06. The number of hydrogen-bond donors (Lipinski definition) is 1. The molecule has 1 aliphatic heterocycles. The van der Waals surface area contributed by atoms with Crippen LogP contribution in [0.5, 0.6) is 0 Å². The Morgan fingerprint density at radius 1 is 1.41 bits per heavy atom. The number of nitrogens with one attached hydrogen (secondary N) is 1. The molecule has 1 fully saturated rings. The largest absolute Gasteiger partial charge is 0.323 e. The summed E-state index contributed by atoms with van der Waals surface area (Å²) in [5.74, 6) is -0.681. The Bertz CT molecular complexity index is 728. The summed E-state index contributed by atoms with van der Waals surface area (Å²) in [4.78, 5) is 26.0. The lowest BCUT2D eigenvalue weighted by molar-refractivity contribution is -0.122. The monoisotopic (exact) mass is 318 g/mol. The number of carbonyl (C=O) groups excluding carboxylic acids is 2. The Kier molecular flexibility index (Phi) is 3.85. The van der Waals surface area contributed by atoms with Gasteiger partial charge in [-0.15, -0.1) is 0 Å². The molecule has 1 saturated heterocycles. The lowest BCUT2D eigenvalue weighted by Crippen LogP contribution is -2.28. The molecule has 0 aliphatic carbocycles. The van der Waals surface area contributed by atoms with Crippen LogP contribution in [0.3, 0.4) is 0 Å². The number of benzene rings is 1. The summed E-state index contributed by atoms with van der Waals surface area (Å²) in [6.45, 7) is 0.328. The quantitative estimate of drug-likeness (QED) is 0.942. The fourth-order valence-electron chi connectivity index (χ4n) is 2.52. The Labute approximate surface area is 132 Å². The van der Waals surface area contributed by atoms with Crippen LogP contribution in [0.2, 0.25) is 5.02 Å². The van der Waals surface area contributed by atoms with E-state index in [1.54, 1.807) is 47.2 Å². The molecule has 3 rings (SSSR count). The van der Waals surface area contributed by atoms with Gasteiger partial charge in [0.15, 0.2) is 0 Å². The number of carbonyl (C=O) groups is 2. The zero-order valence-corrected chi connectivity index (χ0v) is 12.7. The van der Waals surface area contributed by atoms with E-state index in [0.29, 0.717) is 22.9 Å². The third-order valence-corrected chi connectivity index (χ3v) is 3.93. The van der Waals surface area contributed by atoms with Crippen molar-refractivity contribution < 1.29 is 9.59 Å². The predicted molar refractivity (Wildman–Crippen MR) is 83.7 cm³/mol. The van der Waals surface area contributed by atoms with Gasteiger partial charge >= 0.3 is 0 Å². The predicted octanol–water partition coefficient (Wildman–Crippen LogP) is 2.07. The summed E-state index contributed by atoms with van der Waals surface area (Å²) < 4.78 is 1.60. The summed E-state index contributed by atoms with van der Waals surface area (Å²) in [6, 6.07) is 7.13. The maximum absolute atomic E-state index is 12.3. The fourth-order valence-corrected chi connectivity index (χ4v) is 2.75. The van der Waals surface area contributed by atoms with E-state index in [-0.39, 0.29) is 18.2 Å². The number of nitrogens with zero attached hydrogens (tertiary/aromatic N) is 3. The second-order valence-electron chi connectivity index (χ2n) is 5.25. The third kappa shape index (κ3) is 2.82. The Balaban J connectivity index is 1.71. The number of aromatic nitrogens is 2. The van der Waals surface area contributed by atoms with Gasteiger partial charge in [-0.2, -0.15) is 5.10 Å². The van der Waals surface area contributed by atoms with Crippen LogP contribution in [-0.2, 0) is 16.6 Å². The number of hydrogen-bond acceptors (Lipinski definition) is 3. The lowest BCUT2D eigenvalue weighted by atomic mass is 10.1. The first-order valence-electron chi connectivity index (χ1n) is 6.89. The number of amides is 2. The highest BCUT2D eigenvalue weighted by molar-refractivity contribution is 6.33. The standard InChI is InChI=1S/C15H15ClN4O2/c1-19-9-11(7-17-19)18-15(22)10-6-14(21)20(8-10)13-5-3-2-4-12(13)16/h2-5,7,9-10H,6,8H2,1H3,(H,18,22)/t10-/m1/s1. The van der Waals surface area contributed by atoms with Crippen molar-refractivity contribution >= 4 is 34.8 Å². The van der Waals surface area contributed by atoms with Crippen molar-refractivity contribution in [3.8, 4) is 0 Å². The van der Waals surface area contributed by atoms with E-state index in [4.69, 9.17) is 11.6 Å². The van der Waals surface area contributed by atoms with Crippen molar-refractivity contribution in [3.63, 3.8) is 0 Å². The fraction of sp³-hybridized carbons (Fsp3) is 0.267. The summed E-state index contributed by atoms with van der Waals surface area (Å²) in [6.07, 6.45) is 3.46. The summed E-state index contributed by atoms with van der Waals surface area (Å²) >= 11 is 6.12. The summed E-state index contributed by atoms with van der Waals surface area (Å²) in [5.41, 5.74) is 1.27. The minimum Gasteiger partial charge on any atom is -0.323 e. The number of para-hydroxylation sites is 1. The minimum absolute atomic E-state index is 0.0977. The molecule has 1 atom stereocenters. The van der Waals surface area contributed by atoms with Gasteiger partial charge in [-0.05, 0) is 12.1 Å². The van der Waals surface area contributed by atoms with Gasteiger partial charge in [-0.25, -0.2) is 0 Å². The Morgan fingerprint density at radius 3 is 2.86 bits per heavy atom. The third-order valence-electron chi connectivity index (χ3n) is 3.61. The smallest absolute Gasteiger partial charge is 0.229 e. The number of halogens is 1. The van der Waals surface area contributed by atoms with E-state index >= 15 is 0 Å². The van der Waals surface area contributed by atoms with Crippen molar-refractivity contribution in [3.05, 3.63) is 41.7 Å². The zero-order chi connectivity index (χ0) is 15.7. The number of aryl methyl sites for hydroxylation is 1. The van der Waals surface area contributed by atoms with Gasteiger partial charge in [0.25, 0.3) is 0 Å². The highest BCUT2D eigenvalue weighted by atomic mass is 35.5. The molecular weight excluding hydrogens is 304 g/mol. The minimum atomic E-state index is -0.399. The Morgan fingerprint density at radius 2 is 2.18 bits per heavy atom. The average molecular weight is 319 g/mol. The molecule has 1 aromatic carbocycles. The molecule has 1 N–H and O–H groups in total. The number of rotatable bonds is 3. The van der Waals surface area contributed by atoms with Crippen LogP contribution in [0.15, 0.2) is 36.7 Å². The molecule has 7 heteroatoms. The molecule has 6 nitrogen and oxygen atoms in total. The lowest BCUT2D eigenvalue weighted by Gasteiger charge is -2.17. The molecule has 2 amide bonds. The molecule has 2 heterocycles. The van der Waals surface area contributed by atoms with Crippen LogP contribution in [0.1, 0.15) is 6.42 Å². The van der Waals surface area contributed by atoms with Gasteiger partial charge in [0, 0.05) is 26.2 Å². The molecule has 22 heavy (non-hydrogen) atoms. The van der Waals surface area contributed by atoms with E-state index in [2.05, 4.69) is 10.4 Å². The van der Waals surface area contributed by atoms with Crippen molar-refractivity contribution in [2.75, 3.05) is 16.8 Å². The molecule has 0 radical (unpaired) electrons. The van der Waals surface area contributed by atoms with E-state index in [9.17, 15) is 9.59 Å². The van der Waals surface area contributed by atoms with Gasteiger partial charge in [-0.3, -0.25) is 14.3 Å². The topological polar surface area (TPSA) is 67.2 Å². The van der Waals surface area contributed by atoms with Crippen LogP contribution in [-0.4, -0.2) is 28.1 Å². The highest BCUT2D eigenvalue weighted by Gasteiger charge is 2.35. The molecule has 0 spiro atoms. The van der Waals surface area contributed by atoms with Crippen LogP contribution in [0.25, 0.3) is 0 Å². The maximum Gasteiger partial charge on any atom is 0.229 e. The van der Waals surface area contributed by atoms with Crippen molar-refractivity contribution in [2.24, 2.45) is 13.0 Å². The SMILES string of the molecule is Cn1cc(NC(=O)[C@@H]2CC(=O)N(c3ccccc3Cl)C2)cn1. The zero-order valence-electron chi connectivity index (χ0n) is 12.0. The van der Waals surface area contributed by atoms with Gasteiger partial charge in [0.2, 0.25) is 11.8 Å². The maximum atomic E-state index is 12.3. The second-order valence-corrected chi connectivity index (χ2v) is 5.66. The first-order valence-corrected chi connectivity index (χ1v) is 7.27. The van der Waals surface area contributed by atoms with E-state index in [1.165, 1.54) is 0 Å². The molecule has 2 aromatic rings. The second kappa shape index (κ2) is 5.81. The molecule has 0 unspecified atom stereocenters. The van der Waals surface area contributed by atoms with Crippen molar-refractivity contribution in [2.45, 2.75) is 6.42 Å². The van der Waals surface area contributed by atoms with E-state index in [1.807, 2.05) is 6.07 Å². The number of anilines is 2. The van der Waals surface area contributed by atoms with Crippen molar-refractivity contribution in [1.82, 2.24) is 9.78 Å². The molecule has 0 bridgehead atoms. The van der Waals surface area contributed by atoms with E-state index < -0.39 is 5.92 Å². The van der Waals surface area contributed by atoms with Gasteiger partial charge in [0.1, 0.15) is 0 Å². The molecule has 0 saturated carbocycles. The molecule has 114 valence electrons. The van der Waals surface area contributed by atoms with Gasteiger partial charge in [0.05, 0.1) is 28.5 Å². The highest BCUT2D eigenvalue weighted by Crippen LogP contribution is 2.31. The van der Waals surface area contributed by atoms with Gasteiger partial charge in [-0.1, -0.05) is 23.7 Å².